The molecular formula is C20H21NO4. The molecule has 0 unspecified atom stereocenters. The summed E-state index contributed by atoms with van der Waals surface area (Å²) in [5, 5.41) is 11.4. The van der Waals surface area contributed by atoms with Gasteiger partial charge in [0.25, 0.3) is 0 Å². The summed E-state index contributed by atoms with van der Waals surface area (Å²) in [7, 11) is 1.58. The average molecular weight is 339 g/mol. The van der Waals surface area contributed by atoms with Crippen LogP contribution >= 0.6 is 0 Å². The Labute approximate surface area is 146 Å². The number of ketones is 1. The molecule has 0 spiro atoms. The van der Waals surface area contributed by atoms with Crippen molar-refractivity contribution in [3.05, 3.63) is 75.8 Å². The van der Waals surface area contributed by atoms with Gasteiger partial charge in [0, 0.05) is 11.3 Å². The van der Waals surface area contributed by atoms with E-state index in [1.807, 2.05) is 42.5 Å². The van der Waals surface area contributed by atoms with E-state index in [2.05, 4.69) is 0 Å². The lowest BCUT2D eigenvalue weighted by Gasteiger charge is -2.35. The quantitative estimate of drug-likeness (QED) is 0.594. The van der Waals surface area contributed by atoms with Gasteiger partial charge < -0.3 is 4.74 Å². The minimum atomic E-state index is -0.830. The molecule has 5 nitrogen and oxygen atoms in total. The molecule has 1 fully saturated rings. The second kappa shape index (κ2) is 7.05. The number of rotatable bonds is 6. The number of Topliss-reactive ketones (excluding diaryl/α,β-unsaturated/α-hetero) is 1. The number of nitrogens with zero attached hydrogens (tertiary/aromatic N) is 1. The highest BCUT2D eigenvalue weighted by atomic mass is 16.6. The maximum absolute atomic E-state index is 13.0. The number of benzene rings is 2. The second-order valence-electron chi connectivity index (χ2n) is 6.46. The van der Waals surface area contributed by atoms with Crippen molar-refractivity contribution in [3.63, 3.8) is 0 Å². The molecule has 2 aromatic carbocycles. The van der Waals surface area contributed by atoms with Gasteiger partial charge in [-0.1, -0.05) is 42.5 Å². The minimum Gasteiger partial charge on any atom is -0.497 e. The molecule has 0 bridgehead atoms. The lowest BCUT2D eigenvalue weighted by atomic mass is 9.65. The Morgan fingerprint density at radius 1 is 1.16 bits per heavy atom. The summed E-state index contributed by atoms with van der Waals surface area (Å²) in [4.78, 5) is 24.1. The lowest BCUT2D eigenvalue weighted by Crippen LogP contribution is -2.41. The Balaban J connectivity index is 2.13. The molecule has 0 radical (unpaired) electrons. The van der Waals surface area contributed by atoms with Gasteiger partial charge in [-0.15, -0.1) is 0 Å². The van der Waals surface area contributed by atoms with E-state index in [1.165, 1.54) is 0 Å². The first kappa shape index (κ1) is 17.1. The first-order valence-electron chi connectivity index (χ1n) is 8.42. The maximum atomic E-state index is 13.0. The van der Waals surface area contributed by atoms with Crippen molar-refractivity contribution in [1.29, 1.82) is 0 Å². The summed E-state index contributed by atoms with van der Waals surface area (Å²) in [5.74, 6) is 0.294. The van der Waals surface area contributed by atoms with Crippen LogP contribution in [0.5, 0.6) is 5.75 Å². The summed E-state index contributed by atoms with van der Waals surface area (Å²) in [5.41, 5.74) is 0.847. The van der Waals surface area contributed by atoms with Gasteiger partial charge in [-0.3, -0.25) is 14.9 Å². The molecule has 0 aromatic heterocycles. The van der Waals surface area contributed by atoms with E-state index < -0.39 is 11.3 Å². The van der Waals surface area contributed by atoms with Crippen LogP contribution in [-0.4, -0.2) is 24.4 Å². The largest absolute Gasteiger partial charge is 0.497 e. The zero-order valence-electron chi connectivity index (χ0n) is 14.2. The Kier molecular flexibility index (Phi) is 4.83. The average Bonchev–Trinajstić information content (AvgIpc) is 3.02. The predicted octanol–water partition coefficient (Wildman–Crippen LogP) is 3.75. The number of carbonyl (C=O) groups excluding carboxylic acids is 1. The third-order valence-electron chi connectivity index (χ3n) is 5.21. The van der Waals surface area contributed by atoms with Crippen molar-refractivity contribution in [1.82, 2.24) is 0 Å². The van der Waals surface area contributed by atoms with Gasteiger partial charge in [0.1, 0.15) is 11.5 Å². The van der Waals surface area contributed by atoms with E-state index in [-0.39, 0.29) is 17.3 Å². The molecule has 25 heavy (non-hydrogen) atoms. The number of carbonyl (C=O) groups is 1. The van der Waals surface area contributed by atoms with E-state index in [4.69, 9.17) is 4.74 Å². The van der Waals surface area contributed by atoms with Gasteiger partial charge >= 0.3 is 0 Å². The van der Waals surface area contributed by atoms with Gasteiger partial charge in [0.15, 0.2) is 0 Å². The van der Waals surface area contributed by atoms with Gasteiger partial charge in [0.05, 0.1) is 18.4 Å². The Hall–Kier alpha value is -2.69. The number of nitro groups is 1. The number of methoxy groups -OCH3 is 1. The number of hydrogen-bond donors (Lipinski definition) is 0. The number of hydrogen-bond acceptors (Lipinski definition) is 4. The predicted molar refractivity (Wildman–Crippen MR) is 94.6 cm³/mol. The zero-order chi connectivity index (χ0) is 17.9. The van der Waals surface area contributed by atoms with Crippen molar-refractivity contribution in [2.24, 2.45) is 0 Å². The van der Waals surface area contributed by atoms with Crippen molar-refractivity contribution < 1.29 is 14.5 Å². The van der Waals surface area contributed by atoms with Crippen LogP contribution < -0.4 is 4.74 Å². The van der Waals surface area contributed by atoms with Crippen LogP contribution in [-0.2, 0) is 10.2 Å². The molecule has 0 heterocycles. The molecule has 130 valence electrons. The van der Waals surface area contributed by atoms with Crippen LogP contribution in [0.15, 0.2) is 54.6 Å². The maximum Gasteiger partial charge on any atom is 0.211 e. The molecule has 5 heteroatoms. The summed E-state index contributed by atoms with van der Waals surface area (Å²) in [6.07, 6.45) is 1.87. The smallest absolute Gasteiger partial charge is 0.211 e. The number of ether oxygens (including phenoxy) is 1. The van der Waals surface area contributed by atoms with Gasteiger partial charge in [0.2, 0.25) is 6.54 Å². The molecule has 1 aliphatic rings. The fraction of sp³-hybridized carbons (Fsp3) is 0.350. The SMILES string of the molecule is COc1ccc([C@H](C[N+](=O)[O-])[C@]2(c3ccccc3)CCCC2=O)cc1. The Morgan fingerprint density at radius 2 is 1.84 bits per heavy atom. The molecule has 1 aliphatic carbocycles. The van der Waals surface area contributed by atoms with Crippen molar-refractivity contribution in [3.8, 4) is 5.75 Å². The first-order chi connectivity index (χ1) is 12.1. The lowest BCUT2D eigenvalue weighted by molar-refractivity contribution is -0.485. The van der Waals surface area contributed by atoms with E-state index >= 15 is 0 Å². The monoisotopic (exact) mass is 339 g/mol. The fourth-order valence-corrected chi connectivity index (χ4v) is 4.03. The fourth-order valence-electron chi connectivity index (χ4n) is 4.03. The van der Waals surface area contributed by atoms with E-state index in [1.54, 1.807) is 19.2 Å². The third-order valence-corrected chi connectivity index (χ3v) is 5.21. The van der Waals surface area contributed by atoms with Gasteiger partial charge in [-0.2, -0.15) is 0 Å². The molecular weight excluding hydrogens is 318 g/mol. The van der Waals surface area contributed by atoms with Crippen molar-refractivity contribution in [2.75, 3.05) is 13.7 Å². The summed E-state index contributed by atoms with van der Waals surface area (Å²) in [6.45, 7) is -0.271. The highest BCUT2D eigenvalue weighted by molar-refractivity contribution is 5.93. The second-order valence-corrected chi connectivity index (χ2v) is 6.46. The topological polar surface area (TPSA) is 69.4 Å². The molecule has 1 saturated carbocycles. The van der Waals surface area contributed by atoms with E-state index in [0.29, 0.717) is 18.6 Å². The van der Waals surface area contributed by atoms with Gasteiger partial charge in [-0.05, 0) is 36.1 Å². The summed E-state index contributed by atoms with van der Waals surface area (Å²) >= 11 is 0. The molecule has 0 aliphatic heterocycles. The zero-order valence-corrected chi connectivity index (χ0v) is 14.2. The summed E-state index contributed by atoms with van der Waals surface area (Å²) in [6, 6.07) is 16.8. The van der Waals surface area contributed by atoms with Crippen LogP contribution in [0.4, 0.5) is 0 Å². The molecule has 0 amide bonds. The molecule has 0 N–H and O–H groups in total. The highest BCUT2D eigenvalue weighted by Gasteiger charge is 2.51. The Morgan fingerprint density at radius 3 is 2.36 bits per heavy atom. The van der Waals surface area contributed by atoms with Crippen LogP contribution in [0.2, 0.25) is 0 Å². The van der Waals surface area contributed by atoms with Crippen LogP contribution in [0.3, 0.4) is 0 Å². The van der Waals surface area contributed by atoms with Crippen LogP contribution in [0.1, 0.15) is 36.3 Å². The minimum absolute atomic E-state index is 0.0985. The Bertz CT molecular complexity index is 757. The molecule has 3 rings (SSSR count). The standard InChI is InChI=1S/C20H21NO4/c1-25-17-11-9-15(10-12-17)18(14-21(23)24)20(13-5-8-19(20)22)16-6-3-2-4-7-16/h2-4,6-7,9-12,18H,5,8,13-14H2,1H3/t18-,20+/m0/s1. The first-order valence-corrected chi connectivity index (χ1v) is 8.42. The van der Waals surface area contributed by atoms with Crippen LogP contribution in [0.25, 0.3) is 0 Å². The molecule has 2 aromatic rings. The normalized spacial score (nSPS) is 21.1. The molecule has 2 atom stereocenters. The summed E-state index contributed by atoms with van der Waals surface area (Å²) < 4.78 is 5.19. The van der Waals surface area contributed by atoms with E-state index in [9.17, 15) is 14.9 Å². The van der Waals surface area contributed by atoms with Crippen LogP contribution in [0, 0.1) is 10.1 Å². The molecule has 0 saturated heterocycles. The third kappa shape index (κ3) is 3.14. The van der Waals surface area contributed by atoms with Gasteiger partial charge in [-0.25, -0.2) is 0 Å². The van der Waals surface area contributed by atoms with Crippen molar-refractivity contribution in [2.45, 2.75) is 30.6 Å². The van der Waals surface area contributed by atoms with Crippen molar-refractivity contribution >= 4 is 5.78 Å². The highest BCUT2D eigenvalue weighted by Crippen LogP contribution is 2.48. The van der Waals surface area contributed by atoms with E-state index in [0.717, 1.165) is 17.5 Å².